The van der Waals surface area contributed by atoms with Gasteiger partial charge in [-0.2, -0.15) is 0 Å². The van der Waals surface area contributed by atoms with Crippen molar-refractivity contribution in [2.75, 3.05) is 19.0 Å². The molecular formula is C20H24N2O5S. The van der Waals surface area contributed by atoms with E-state index in [2.05, 4.69) is 10.0 Å². The molecule has 0 saturated heterocycles. The lowest BCUT2D eigenvalue weighted by Crippen LogP contribution is -2.26. The average Bonchev–Trinajstić information content (AvgIpc) is 3.44. The van der Waals surface area contributed by atoms with Crippen molar-refractivity contribution in [3.63, 3.8) is 0 Å². The van der Waals surface area contributed by atoms with E-state index in [1.165, 1.54) is 25.3 Å². The molecule has 2 aromatic carbocycles. The number of amides is 1. The number of hydrogen-bond acceptors (Lipinski definition) is 5. The van der Waals surface area contributed by atoms with Gasteiger partial charge >= 0.3 is 0 Å². The minimum Gasteiger partial charge on any atom is -0.495 e. The molecule has 0 heterocycles. The number of para-hydroxylation sites is 1. The quantitative estimate of drug-likeness (QED) is 0.706. The van der Waals surface area contributed by atoms with Crippen LogP contribution < -0.4 is 19.5 Å². The number of carbonyl (C=O) groups excluding carboxylic acids is 1. The molecule has 28 heavy (non-hydrogen) atoms. The van der Waals surface area contributed by atoms with Crippen molar-refractivity contribution >= 4 is 21.6 Å². The molecule has 0 aromatic heterocycles. The van der Waals surface area contributed by atoms with E-state index < -0.39 is 15.9 Å². The average molecular weight is 404 g/mol. The zero-order valence-electron chi connectivity index (χ0n) is 16.1. The molecule has 2 aromatic rings. The van der Waals surface area contributed by atoms with E-state index in [1.54, 1.807) is 0 Å². The van der Waals surface area contributed by atoms with E-state index in [1.807, 2.05) is 32.0 Å². The maximum atomic E-state index is 12.4. The van der Waals surface area contributed by atoms with Gasteiger partial charge in [-0.15, -0.1) is 0 Å². The highest BCUT2D eigenvalue weighted by molar-refractivity contribution is 7.89. The van der Waals surface area contributed by atoms with E-state index in [4.69, 9.17) is 9.47 Å². The molecular weight excluding hydrogens is 380 g/mol. The van der Waals surface area contributed by atoms with Gasteiger partial charge in [-0.3, -0.25) is 4.79 Å². The van der Waals surface area contributed by atoms with Crippen molar-refractivity contribution in [1.82, 2.24) is 4.72 Å². The maximum absolute atomic E-state index is 12.4. The first-order chi connectivity index (χ1) is 13.3. The van der Waals surface area contributed by atoms with Crippen LogP contribution in [0.25, 0.3) is 0 Å². The Kier molecular flexibility index (Phi) is 5.90. The van der Waals surface area contributed by atoms with Crippen LogP contribution in [-0.4, -0.2) is 34.1 Å². The van der Waals surface area contributed by atoms with Gasteiger partial charge in [-0.05, 0) is 56.0 Å². The van der Waals surface area contributed by atoms with E-state index in [-0.39, 0.29) is 23.2 Å². The molecule has 0 spiro atoms. The monoisotopic (exact) mass is 404 g/mol. The molecule has 0 bridgehead atoms. The number of anilines is 1. The highest BCUT2D eigenvalue weighted by atomic mass is 32.2. The van der Waals surface area contributed by atoms with Crippen LogP contribution in [0.2, 0.25) is 0 Å². The molecule has 0 atom stereocenters. The smallest absolute Gasteiger partial charge is 0.262 e. The summed E-state index contributed by atoms with van der Waals surface area (Å²) in [5.74, 6) is 0.617. The van der Waals surface area contributed by atoms with E-state index in [9.17, 15) is 13.2 Å². The van der Waals surface area contributed by atoms with Crippen molar-refractivity contribution in [2.24, 2.45) is 0 Å². The minimum absolute atomic E-state index is 0.00380. The molecule has 1 amide bonds. The fourth-order valence-electron chi connectivity index (χ4n) is 2.79. The van der Waals surface area contributed by atoms with Gasteiger partial charge in [0, 0.05) is 6.04 Å². The predicted octanol–water partition coefficient (Wildman–Crippen LogP) is 2.77. The number of aryl methyl sites for hydroxylation is 2. The van der Waals surface area contributed by atoms with Gasteiger partial charge in [0.2, 0.25) is 10.0 Å². The number of nitrogens with one attached hydrogen (secondary N) is 2. The largest absolute Gasteiger partial charge is 0.495 e. The molecule has 150 valence electrons. The molecule has 3 rings (SSSR count). The number of carbonyl (C=O) groups is 1. The predicted molar refractivity (Wildman–Crippen MR) is 106 cm³/mol. The van der Waals surface area contributed by atoms with Crippen LogP contribution in [-0.2, 0) is 14.8 Å². The summed E-state index contributed by atoms with van der Waals surface area (Å²) in [6, 6.07) is 10.1. The summed E-state index contributed by atoms with van der Waals surface area (Å²) in [5.41, 5.74) is 2.14. The summed E-state index contributed by atoms with van der Waals surface area (Å²) in [5, 5.41) is 2.67. The molecule has 1 saturated carbocycles. The first-order valence-corrected chi connectivity index (χ1v) is 10.5. The third-order valence-electron chi connectivity index (χ3n) is 4.41. The Morgan fingerprint density at radius 1 is 1.14 bits per heavy atom. The highest BCUT2D eigenvalue weighted by Gasteiger charge is 2.28. The molecule has 1 fully saturated rings. The SMILES string of the molecule is COc1ccc(S(=O)(=O)NC2CC2)cc1NC(=O)COc1c(C)cccc1C. The number of benzene rings is 2. The van der Waals surface area contributed by atoms with Crippen LogP contribution in [0.3, 0.4) is 0 Å². The molecule has 1 aliphatic rings. The molecule has 1 aliphatic carbocycles. The van der Waals surface area contributed by atoms with Crippen molar-refractivity contribution < 1.29 is 22.7 Å². The highest BCUT2D eigenvalue weighted by Crippen LogP contribution is 2.29. The summed E-state index contributed by atoms with van der Waals surface area (Å²) in [6.07, 6.45) is 1.68. The number of methoxy groups -OCH3 is 1. The van der Waals surface area contributed by atoms with Crippen LogP contribution in [0.1, 0.15) is 24.0 Å². The molecule has 2 N–H and O–H groups in total. The van der Waals surface area contributed by atoms with Crippen LogP contribution in [0.15, 0.2) is 41.3 Å². The summed E-state index contributed by atoms with van der Waals surface area (Å²) in [4.78, 5) is 12.4. The van der Waals surface area contributed by atoms with Gasteiger partial charge in [-0.1, -0.05) is 18.2 Å². The number of rotatable bonds is 8. The maximum Gasteiger partial charge on any atom is 0.262 e. The van der Waals surface area contributed by atoms with Crippen LogP contribution in [0.4, 0.5) is 5.69 Å². The second kappa shape index (κ2) is 8.20. The lowest BCUT2D eigenvalue weighted by Gasteiger charge is -2.14. The Bertz CT molecular complexity index is 964. The first-order valence-electron chi connectivity index (χ1n) is 8.99. The zero-order valence-corrected chi connectivity index (χ0v) is 16.9. The van der Waals surface area contributed by atoms with Gasteiger partial charge < -0.3 is 14.8 Å². The number of hydrogen-bond donors (Lipinski definition) is 2. The Balaban J connectivity index is 1.73. The molecule has 0 radical (unpaired) electrons. The third kappa shape index (κ3) is 4.82. The minimum atomic E-state index is -3.63. The first kappa shape index (κ1) is 20.2. The van der Waals surface area contributed by atoms with Crippen molar-refractivity contribution in [1.29, 1.82) is 0 Å². The Morgan fingerprint density at radius 2 is 1.82 bits per heavy atom. The fraction of sp³-hybridized carbons (Fsp3) is 0.350. The number of sulfonamides is 1. The lowest BCUT2D eigenvalue weighted by atomic mass is 10.1. The third-order valence-corrected chi connectivity index (χ3v) is 5.93. The van der Waals surface area contributed by atoms with Crippen molar-refractivity contribution in [2.45, 2.75) is 37.6 Å². The second-order valence-electron chi connectivity index (χ2n) is 6.82. The van der Waals surface area contributed by atoms with Crippen LogP contribution in [0.5, 0.6) is 11.5 Å². The van der Waals surface area contributed by atoms with E-state index in [0.29, 0.717) is 11.5 Å². The Hall–Kier alpha value is -2.58. The van der Waals surface area contributed by atoms with Crippen molar-refractivity contribution in [3.8, 4) is 11.5 Å². The second-order valence-corrected chi connectivity index (χ2v) is 8.53. The molecule has 8 heteroatoms. The lowest BCUT2D eigenvalue weighted by molar-refractivity contribution is -0.118. The van der Waals surface area contributed by atoms with Crippen LogP contribution >= 0.6 is 0 Å². The van der Waals surface area contributed by atoms with Crippen molar-refractivity contribution in [3.05, 3.63) is 47.5 Å². The summed E-state index contributed by atoms with van der Waals surface area (Å²) >= 11 is 0. The van der Waals surface area contributed by atoms with Gasteiger partial charge in [0.25, 0.3) is 5.91 Å². The Labute approximate surface area is 165 Å². The normalized spacial score (nSPS) is 13.8. The van der Waals surface area contributed by atoms with Gasteiger partial charge in [-0.25, -0.2) is 13.1 Å². The summed E-state index contributed by atoms with van der Waals surface area (Å²) in [6.45, 7) is 3.61. The van der Waals surface area contributed by atoms with Crippen LogP contribution in [0, 0.1) is 13.8 Å². The van der Waals surface area contributed by atoms with Gasteiger partial charge in [0.1, 0.15) is 11.5 Å². The topological polar surface area (TPSA) is 93.7 Å². The van der Waals surface area contributed by atoms with Gasteiger partial charge in [0.05, 0.1) is 17.7 Å². The summed E-state index contributed by atoms with van der Waals surface area (Å²) in [7, 11) is -2.18. The van der Waals surface area contributed by atoms with E-state index in [0.717, 1.165) is 24.0 Å². The fourth-order valence-corrected chi connectivity index (χ4v) is 4.12. The van der Waals surface area contributed by atoms with Gasteiger partial charge in [0.15, 0.2) is 6.61 Å². The Morgan fingerprint density at radius 3 is 2.43 bits per heavy atom. The summed E-state index contributed by atoms with van der Waals surface area (Å²) < 4.78 is 38.3. The standard InChI is InChI=1S/C20H24N2O5S/c1-13-5-4-6-14(2)20(13)27-12-19(23)21-17-11-16(9-10-18(17)26-3)28(24,25)22-15-7-8-15/h4-6,9-11,15,22H,7-8,12H2,1-3H3,(H,21,23). The number of ether oxygens (including phenoxy) is 2. The van der Waals surface area contributed by atoms with E-state index >= 15 is 0 Å². The molecule has 0 aliphatic heterocycles. The molecule has 0 unspecified atom stereocenters. The molecule has 7 nitrogen and oxygen atoms in total. The zero-order chi connectivity index (χ0) is 20.3.